The molecule has 0 N–H and O–H groups in total. The van der Waals surface area contributed by atoms with E-state index in [4.69, 9.17) is 0 Å². The van der Waals surface area contributed by atoms with Crippen molar-refractivity contribution < 1.29 is 51.3 Å². The number of carbonyl (C=O) groups excluding carboxylic acids is 3. The van der Waals surface area contributed by atoms with E-state index < -0.39 is 73.2 Å². The van der Waals surface area contributed by atoms with Crippen LogP contribution in [0, 0.1) is 31.9 Å². The number of nitro groups is 2. The molecule has 2 aromatic carbocycles. The minimum absolute atomic E-state index is 0.249. The van der Waals surface area contributed by atoms with Gasteiger partial charge in [-0.05, 0) is 31.2 Å². The number of nitrogens with zero attached hydrogens (tertiary/aromatic N) is 2. The number of Topliss-reactive ketones (excluding diaryl/α,β-unsaturated/α-hetero) is 1. The molecule has 0 saturated carbocycles. The Morgan fingerprint density at radius 2 is 1.23 bits per heavy atom. The number of rotatable bonds is 6. The normalized spacial score (nSPS) is 10.5. The molecule has 0 spiro atoms. The van der Waals surface area contributed by atoms with Crippen molar-refractivity contribution in [2.75, 3.05) is 14.2 Å². The molecule has 35 heavy (non-hydrogen) atoms. The molecule has 0 fully saturated rings. The average molecular weight is 504 g/mol. The molecule has 0 aliphatic rings. The van der Waals surface area contributed by atoms with Gasteiger partial charge in [0.25, 0.3) is 5.92 Å². The lowest BCUT2D eigenvalue weighted by atomic mass is 10.0. The first kappa shape index (κ1) is 28.6. The number of alkyl halides is 2. The molecular weight excluding hydrogens is 488 g/mol. The Balaban J connectivity index is 0.000000351. The van der Waals surface area contributed by atoms with E-state index in [2.05, 4.69) is 9.47 Å². The summed E-state index contributed by atoms with van der Waals surface area (Å²) in [5.41, 5.74) is -4.69. The number of nitro benzene ring substituents is 2. The SMILES string of the molecule is COC(=O)c1cc(F)c([N+](=O)[O-])c(C(C)(F)F)c1.COC(=O)c1cc(F)c([N+](=O)[O-])c(C(C)=O)c1. The summed E-state index contributed by atoms with van der Waals surface area (Å²) in [5, 5.41) is 21.2. The van der Waals surface area contributed by atoms with Gasteiger partial charge in [0.1, 0.15) is 5.56 Å². The standard InChI is InChI=1S/C10H8F3NO4.C10H8FNO5/c1-10(12,13)6-3-5(9(15)18-2)4-7(11)8(6)14(16)17;1-5(13)7-3-6(10(14)17-2)4-8(11)9(7)12(15)16/h3-4H,1-2H3;3-4H,1-2H3. The van der Waals surface area contributed by atoms with Crippen molar-refractivity contribution in [2.45, 2.75) is 19.8 Å². The van der Waals surface area contributed by atoms with Crippen LogP contribution < -0.4 is 0 Å². The zero-order chi connectivity index (χ0) is 27.2. The van der Waals surface area contributed by atoms with Gasteiger partial charge in [-0.15, -0.1) is 0 Å². The van der Waals surface area contributed by atoms with Crippen molar-refractivity contribution in [1.82, 2.24) is 0 Å². The van der Waals surface area contributed by atoms with Gasteiger partial charge in [-0.1, -0.05) is 0 Å². The molecule has 0 radical (unpaired) electrons. The molecule has 0 amide bonds. The molecule has 11 nitrogen and oxygen atoms in total. The highest BCUT2D eigenvalue weighted by molar-refractivity contribution is 6.01. The molecule has 2 rings (SSSR count). The van der Waals surface area contributed by atoms with Crippen LogP contribution in [0.1, 0.15) is 50.5 Å². The van der Waals surface area contributed by atoms with Gasteiger partial charge < -0.3 is 9.47 Å². The number of halogens is 4. The molecule has 0 unspecified atom stereocenters. The van der Waals surface area contributed by atoms with Crippen LogP contribution in [-0.4, -0.2) is 41.8 Å². The molecule has 0 atom stereocenters. The van der Waals surface area contributed by atoms with Gasteiger partial charge in [-0.25, -0.2) is 18.4 Å². The lowest BCUT2D eigenvalue weighted by Gasteiger charge is -2.12. The lowest BCUT2D eigenvalue weighted by Crippen LogP contribution is -2.14. The van der Waals surface area contributed by atoms with E-state index in [1.807, 2.05) is 0 Å². The van der Waals surface area contributed by atoms with Crippen molar-refractivity contribution in [3.05, 3.63) is 78.4 Å². The zero-order valence-electron chi connectivity index (χ0n) is 18.4. The molecule has 188 valence electrons. The highest BCUT2D eigenvalue weighted by Crippen LogP contribution is 2.37. The monoisotopic (exact) mass is 504 g/mol. The van der Waals surface area contributed by atoms with E-state index in [-0.39, 0.29) is 5.56 Å². The Morgan fingerprint density at radius 1 is 0.829 bits per heavy atom. The fourth-order valence-corrected chi connectivity index (χ4v) is 2.64. The molecule has 0 heterocycles. The third-order valence-corrected chi connectivity index (χ3v) is 4.19. The number of benzene rings is 2. The van der Waals surface area contributed by atoms with E-state index in [0.717, 1.165) is 27.2 Å². The number of ether oxygens (including phenoxy) is 2. The van der Waals surface area contributed by atoms with Crippen LogP contribution in [0.4, 0.5) is 28.9 Å². The maximum absolute atomic E-state index is 13.4. The summed E-state index contributed by atoms with van der Waals surface area (Å²) in [6.07, 6.45) is 0. The second kappa shape index (κ2) is 11.1. The van der Waals surface area contributed by atoms with Crippen LogP contribution in [0.3, 0.4) is 0 Å². The minimum atomic E-state index is -3.66. The molecule has 0 aromatic heterocycles. The van der Waals surface area contributed by atoms with Gasteiger partial charge in [0, 0.05) is 6.92 Å². The van der Waals surface area contributed by atoms with Crippen LogP contribution in [-0.2, 0) is 15.4 Å². The summed E-state index contributed by atoms with van der Waals surface area (Å²) in [6, 6.07) is 2.64. The van der Waals surface area contributed by atoms with Gasteiger partial charge in [0.05, 0.1) is 40.8 Å². The second-order valence-electron chi connectivity index (χ2n) is 6.65. The summed E-state index contributed by atoms with van der Waals surface area (Å²) in [7, 11) is 2.06. The molecule has 15 heteroatoms. The highest BCUT2D eigenvalue weighted by atomic mass is 19.3. The van der Waals surface area contributed by atoms with Crippen LogP contribution in [0.15, 0.2) is 24.3 Å². The Morgan fingerprint density at radius 3 is 1.57 bits per heavy atom. The van der Waals surface area contributed by atoms with E-state index >= 15 is 0 Å². The number of ketones is 1. The smallest absolute Gasteiger partial charge is 0.337 e. The fraction of sp³-hybridized carbons (Fsp3) is 0.250. The number of carbonyl (C=O) groups is 3. The quantitative estimate of drug-likeness (QED) is 0.183. The van der Waals surface area contributed by atoms with Crippen molar-refractivity contribution >= 4 is 29.1 Å². The molecule has 0 saturated heterocycles. The number of hydrogen-bond donors (Lipinski definition) is 0. The van der Waals surface area contributed by atoms with E-state index in [1.165, 1.54) is 0 Å². The molecule has 0 aliphatic heterocycles. The summed E-state index contributed by atoms with van der Waals surface area (Å²) >= 11 is 0. The van der Waals surface area contributed by atoms with Gasteiger partial charge in [-0.2, -0.15) is 8.78 Å². The molecule has 2 aromatic rings. The summed E-state index contributed by atoms with van der Waals surface area (Å²) < 4.78 is 61.8. The predicted molar refractivity (Wildman–Crippen MR) is 108 cm³/mol. The van der Waals surface area contributed by atoms with Crippen molar-refractivity contribution in [3.8, 4) is 0 Å². The Labute approximate surface area is 193 Å². The van der Waals surface area contributed by atoms with Crippen LogP contribution in [0.5, 0.6) is 0 Å². The van der Waals surface area contributed by atoms with Crippen molar-refractivity contribution in [2.24, 2.45) is 0 Å². The maximum Gasteiger partial charge on any atom is 0.337 e. The maximum atomic E-state index is 13.4. The van der Waals surface area contributed by atoms with Crippen LogP contribution >= 0.6 is 0 Å². The average Bonchev–Trinajstić information content (AvgIpc) is 2.75. The van der Waals surface area contributed by atoms with Gasteiger partial charge in [0.2, 0.25) is 11.6 Å². The molecular formula is C20H16F4N2O9. The lowest BCUT2D eigenvalue weighted by molar-refractivity contribution is -0.389. The minimum Gasteiger partial charge on any atom is -0.465 e. The number of esters is 2. The van der Waals surface area contributed by atoms with Crippen LogP contribution in [0.25, 0.3) is 0 Å². The number of methoxy groups -OCH3 is 2. The van der Waals surface area contributed by atoms with E-state index in [0.29, 0.717) is 25.1 Å². The van der Waals surface area contributed by atoms with E-state index in [1.54, 1.807) is 0 Å². The fourth-order valence-electron chi connectivity index (χ4n) is 2.64. The Hall–Kier alpha value is -4.43. The van der Waals surface area contributed by atoms with Crippen molar-refractivity contribution in [1.29, 1.82) is 0 Å². The van der Waals surface area contributed by atoms with Gasteiger partial charge in [-0.3, -0.25) is 25.0 Å². The summed E-state index contributed by atoms with van der Waals surface area (Å²) in [6.45, 7) is 1.42. The first-order valence-corrected chi connectivity index (χ1v) is 9.08. The van der Waals surface area contributed by atoms with E-state index in [9.17, 15) is 52.2 Å². The first-order valence-electron chi connectivity index (χ1n) is 9.08. The first-order chi connectivity index (χ1) is 16.1. The van der Waals surface area contributed by atoms with Gasteiger partial charge >= 0.3 is 23.3 Å². The zero-order valence-corrected chi connectivity index (χ0v) is 18.4. The largest absolute Gasteiger partial charge is 0.465 e. The topological polar surface area (TPSA) is 156 Å². The second-order valence-corrected chi connectivity index (χ2v) is 6.65. The Kier molecular flexibility index (Phi) is 9.09. The van der Waals surface area contributed by atoms with Crippen molar-refractivity contribution in [3.63, 3.8) is 0 Å². The number of hydrogen-bond acceptors (Lipinski definition) is 9. The predicted octanol–water partition coefficient (Wildman–Crippen LogP) is 4.36. The Bertz CT molecular complexity index is 1210. The third kappa shape index (κ3) is 6.78. The summed E-state index contributed by atoms with van der Waals surface area (Å²) in [5.74, 6) is -9.06. The van der Waals surface area contributed by atoms with Crippen LogP contribution in [0.2, 0.25) is 0 Å². The highest BCUT2D eigenvalue weighted by Gasteiger charge is 2.37. The molecule has 0 aliphatic carbocycles. The third-order valence-electron chi connectivity index (χ3n) is 4.19. The molecule has 0 bridgehead atoms. The summed E-state index contributed by atoms with van der Waals surface area (Å²) in [4.78, 5) is 52.3. The van der Waals surface area contributed by atoms with Gasteiger partial charge in [0.15, 0.2) is 5.78 Å².